The van der Waals surface area contributed by atoms with E-state index < -0.39 is 6.10 Å². The second kappa shape index (κ2) is 5.55. The van der Waals surface area contributed by atoms with Gasteiger partial charge in [-0.05, 0) is 12.0 Å². The van der Waals surface area contributed by atoms with Gasteiger partial charge in [0.05, 0.1) is 6.10 Å². The largest absolute Gasteiger partial charge is 0.388 e. The minimum absolute atomic E-state index is 0.208. The van der Waals surface area contributed by atoms with Crippen LogP contribution in [0.1, 0.15) is 37.9 Å². The summed E-state index contributed by atoms with van der Waals surface area (Å²) >= 11 is 0. The van der Waals surface area contributed by atoms with E-state index in [9.17, 15) is 9.90 Å². The average Bonchev–Trinajstić information content (AvgIpc) is 2.26. The third-order valence-corrected chi connectivity index (χ3v) is 2.28. The third kappa shape index (κ3) is 3.30. The number of ketones is 1. The molecule has 76 valence electrons. The molecule has 0 aliphatic rings. The third-order valence-electron chi connectivity index (χ3n) is 2.28. The summed E-state index contributed by atoms with van der Waals surface area (Å²) in [5.74, 6) is 0.208. The zero-order valence-electron chi connectivity index (χ0n) is 8.44. The zero-order chi connectivity index (χ0) is 10.4. The molecule has 0 heterocycles. The number of aliphatic hydroxyl groups excluding tert-OH is 1. The number of benzene rings is 1. The lowest BCUT2D eigenvalue weighted by Crippen LogP contribution is -2.02. The maximum absolute atomic E-state index is 11.0. The summed E-state index contributed by atoms with van der Waals surface area (Å²) < 4.78 is 0. The molecule has 1 unspecified atom stereocenters. The standard InChI is InChI=1S/C12H16O2/c1-2-11(13)8-9-12(14)10-6-4-3-5-7-10/h3-7,12,14H,2,8-9H2,1H3. The van der Waals surface area contributed by atoms with Crippen LogP contribution < -0.4 is 0 Å². The first-order valence-electron chi connectivity index (χ1n) is 4.98. The quantitative estimate of drug-likeness (QED) is 0.778. The molecule has 1 rings (SSSR count). The highest BCUT2D eigenvalue weighted by atomic mass is 16.3. The van der Waals surface area contributed by atoms with Crippen molar-refractivity contribution >= 4 is 5.78 Å². The van der Waals surface area contributed by atoms with E-state index in [-0.39, 0.29) is 5.78 Å². The van der Waals surface area contributed by atoms with Crippen LogP contribution in [0, 0.1) is 0 Å². The van der Waals surface area contributed by atoms with Gasteiger partial charge in [-0.15, -0.1) is 0 Å². The van der Waals surface area contributed by atoms with Gasteiger partial charge in [-0.2, -0.15) is 0 Å². The SMILES string of the molecule is CCC(=O)CCC(O)c1ccccc1. The molecular formula is C12H16O2. The van der Waals surface area contributed by atoms with E-state index in [0.717, 1.165) is 5.56 Å². The van der Waals surface area contributed by atoms with Crippen LogP contribution in [0.15, 0.2) is 30.3 Å². The number of hydrogen-bond acceptors (Lipinski definition) is 2. The van der Waals surface area contributed by atoms with Crippen molar-refractivity contribution in [3.05, 3.63) is 35.9 Å². The van der Waals surface area contributed by atoms with Crippen LogP contribution in [-0.4, -0.2) is 10.9 Å². The first kappa shape index (κ1) is 10.9. The van der Waals surface area contributed by atoms with E-state index in [4.69, 9.17) is 0 Å². The lowest BCUT2D eigenvalue weighted by atomic mass is 10.0. The van der Waals surface area contributed by atoms with Gasteiger partial charge >= 0.3 is 0 Å². The summed E-state index contributed by atoms with van der Waals surface area (Å²) in [5.41, 5.74) is 0.886. The van der Waals surface area contributed by atoms with Crippen molar-refractivity contribution in [2.45, 2.75) is 32.3 Å². The molecule has 0 saturated heterocycles. The molecule has 0 aliphatic heterocycles. The number of carbonyl (C=O) groups is 1. The predicted molar refractivity (Wildman–Crippen MR) is 55.9 cm³/mol. The number of rotatable bonds is 5. The first-order chi connectivity index (χ1) is 6.74. The van der Waals surface area contributed by atoms with Crippen molar-refractivity contribution in [2.24, 2.45) is 0 Å². The molecule has 0 spiro atoms. The van der Waals surface area contributed by atoms with Crippen LogP contribution in [0.2, 0.25) is 0 Å². The summed E-state index contributed by atoms with van der Waals surface area (Å²) in [5, 5.41) is 9.71. The number of aliphatic hydroxyl groups is 1. The molecule has 1 aromatic rings. The van der Waals surface area contributed by atoms with E-state index >= 15 is 0 Å². The topological polar surface area (TPSA) is 37.3 Å². The number of carbonyl (C=O) groups excluding carboxylic acids is 1. The summed E-state index contributed by atoms with van der Waals surface area (Å²) in [4.78, 5) is 11.0. The summed E-state index contributed by atoms with van der Waals surface area (Å²) in [6, 6.07) is 9.44. The van der Waals surface area contributed by atoms with Gasteiger partial charge < -0.3 is 5.11 Å². The van der Waals surface area contributed by atoms with E-state index in [0.29, 0.717) is 19.3 Å². The van der Waals surface area contributed by atoms with Crippen LogP contribution in [0.4, 0.5) is 0 Å². The van der Waals surface area contributed by atoms with Crippen molar-refractivity contribution < 1.29 is 9.90 Å². The summed E-state index contributed by atoms with van der Waals surface area (Å²) in [6.45, 7) is 1.84. The second-order valence-corrected chi connectivity index (χ2v) is 3.36. The smallest absolute Gasteiger partial charge is 0.132 e. The van der Waals surface area contributed by atoms with Crippen LogP contribution in [-0.2, 0) is 4.79 Å². The average molecular weight is 192 g/mol. The Bertz CT molecular complexity index is 280. The Kier molecular flexibility index (Phi) is 4.33. The van der Waals surface area contributed by atoms with Gasteiger partial charge in [0, 0.05) is 12.8 Å². The maximum Gasteiger partial charge on any atom is 0.132 e. The second-order valence-electron chi connectivity index (χ2n) is 3.36. The highest BCUT2D eigenvalue weighted by molar-refractivity contribution is 5.77. The van der Waals surface area contributed by atoms with E-state index in [1.54, 1.807) is 0 Å². The Morgan fingerprint density at radius 2 is 2.00 bits per heavy atom. The van der Waals surface area contributed by atoms with Gasteiger partial charge in [0.25, 0.3) is 0 Å². The molecule has 2 nitrogen and oxygen atoms in total. The van der Waals surface area contributed by atoms with Crippen molar-refractivity contribution in [3.63, 3.8) is 0 Å². The molecule has 0 aromatic heterocycles. The molecule has 0 radical (unpaired) electrons. The summed E-state index contributed by atoms with van der Waals surface area (Å²) in [7, 11) is 0. The number of hydrogen-bond donors (Lipinski definition) is 1. The fraction of sp³-hybridized carbons (Fsp3) is 0.417. The van der Waals surface area contributed by atoms with Gasteiger partial charge in [0.2, 0.25) is 0 Å². The fourth-order valence-electron chi connectivity index (χ4n) is 1.32. The molecule has 0 fully saturated rings. The molecular weight excluding hydrogens is 176 g/mol. The van der Waals surface area contributed by atoms with Crippen molar-refractivity contribution in [3.8, 4) is 0 Å². The molecule has 0 aliphatic carbocycles. The normalized spacial score (nSPS) is 12.4. The Hall–Kier alpha value is -1.15. The molecule has 2 heteroatoms. The first-order valence-corrected chi connectivity index (χ1v) is 4.98. The van der Waals surface area contributed by atoms with Gasteiger partial charge in [-0.3, -0.25) is 4.79 Å². The van der Waals surface area contributed by atoms with Crippen molar-refractivity contribution in [2.75, 3.05) is 0 Å². The maximum atomic E-state index is 11.0. The van der Waals surface area contributed by atoms with Crippen LogP contribution >= 0.6 is 0 Å². The van der Waals surface area contributed by atoms with Crippen LogP contribution in [0.25, 0.3) is 0 Å². The zero-order valence-corrected chi connectivity index (χ0v) is 8.44. The predicted octanol–water partition coefficient (Wildman–Crippen LogP) is 2.48. The lowest BCUT2D eigenvalue weighted by Gasteiger charge is -2.09. The molecule has 14 heavy (non-hydrogen) atoms. The van der Waals surface area contributed by atoms with Gasteiger partial charge in [-0.1, -0.05) is 37.3 Å². The molecule has 0 amide bonds. The minimum Gasteiger partial charge on any atom is -0.388 e. The molecule has 0 saturated carbocycles. The minimum atomic E-state index is -0.508. The Labute approximate surface area is 84.6 Å². The Balaban J connectivity index is 2.43. The van der Waals surface area contributed by atoms with E-state index in [1.807, 2.05) is 37.3 Å². The summed E-state index contributed by atoms with van der Waals surface area (Å²) in [6.07, 6.45) is 1.04. The van der Waals surface area contributed by atoms with Gasteiger partial charge in [0.15, 0.2) is 0 Å². The van der Waals surface area contributed by atoms with Gasteiger partial charge in [-0.25, -0.2) is 0 Å². The van der Waals surface area contributed by atoms with Gasteiger partial charge in [0.1, 0.15) is 5.78 Å². The van der Waals surface area contributed by atoms with E-state index in [2.05, 4.69) is 0 Å². The molecule has 0 bridgehead atoms. The van der Waals surface area contributed by atoms with Crippen molar-refractivity contribution in [1.82, 2.24) is 0 Å². The van der Waals surface area contributed by atoms with Crippen LogP contribution in [0.3, 0.4) is 0 Å². The van der Waals surface area contributed by atoms with Crippen LogP contribution in [0.5, 0.6) is 0 Å². The molecule has 1 N–H and O–H groups in total. The lowest BCUT2D eigenvalue weighted by molar-refractivity contribution is -0.119. The molecule has 1 aromatic carbocycles. The van der Waals surface area contributed by atoms with Crippen molar-refractivity contribution in [1.29, 1.82) is 0 Å². The fourth-order valence-corrected chi connectivity index (χ4v) is 1.32. The molecule has 1 atom stereocenters. The Morgan fingerprint density at radius 1 is 1.36 bits per heavy atom. The highest BCUT2D eigenvalue weighted by Gasteiger charge is 2.08. The Morgan fingerprint density at radius 3 is 2.57 bits per heavy atom. The van der Waals surface area contributed by atoms with E-state index in [1.165, 1.54) is 0 Å². The monoisotopic (exact) mass is 192 g/mol. The number of Topliss-reactive ketones (excluding diaryl/α,β-unsaturated/α-hetero) is 1. The highest BCUT2D eigenvalue weighted by Crippen LogP contribution is 2.17.